The highest BCUT2D eigenvalue weighted by Gasteiger charge is 2.30. The van der Waals surface area contributed by atoms with E-state index in [4.69, 9.17) is 5.11 Å². The molecule has 0 bridgehead atoms. The Hall–Kier alpha value is -2.86. The Morgan fingerprint density at radius 1 is 0.929 bits per heavy atom. The van der Waals surface area contributed by atoms with Crippen LogP contribution in [0.1, 0.15) is 27.7 Å². The molecule has 28 heavy (non-hydrogen) atoms. The summed E-state index contributed by atoms with van der Waals surface area (Å²) >= 11 is 0. The van der Waals surface area contributed by atoms with Crippen molar-refractivity contribution in [3.63, 3.8) is 0 Å². The van der Waals surface area contributed by atoms with Crippen molar-refractivity contribution in [1.29, 1.82) is 0 Å². The van der Waals surface area contributed by atoms with Crippen molar-refractivity contribution in [1.82, 2.24) is 9.80 Å². The van der Waals surface area contributed by atoms with Crippen molar-refractivity contribution in [2.75, 3.05) is 32.7 Å². The highest BCUT2D eigenvalue weighted by molar-refractivity contribution is 5.64. The zero-order valence-electron chi connectivity index (χ0n) is 16.3. The Morgan fingerprint density at radius 2 is 1.36 bits per heavy atom. The van der Waals surface area contributed by atoms with E-state index in [0.29, 0.717) is 17.7 Å². The molecule has 0 amide bonds. The average molecular weight is 399 g/mol. The van der Waals surface area contributed by atoms with Gasteiger partial charge in [0.15, 0.2) is 0 Å². The van der Waals surface area contributed by atoms with Gasteiger partial charge in [-0.15, -0.1) is 0 Å². The van der Waals surface area contributed by atoms with E-state index in [1.165, 1.54) is 32.7 Å². The Labute approximate surface area is 161 Å². The van der Waals surface area contributed by atoms with Gasteiger partial charge in [0.05, 0.1) is 26.9 Å². The minimum Gasteiger partial charge on any atom is -0.497 e. The number of nitro benzene ring substituents is 3. The lowest BCUT2D eigenvalue weighted by Crippen LogP contribution is -2.53. The summed E-state index contributed by atoms with van der Waals surface area (Å²) in [4.78, 5) is 32.9. The van der Waals surface area contributed by atoms with Gasteiger partial charge in [-0.25, -0.2) is 0 Å². The molecule has 0 saturated carbocycles. The Balaban J connectivity index is 0.000000292. The number of likely N-dealkylation sites (N-methyl/N-ethyl adjacent to an activating group) is 1. The van der Waals surface area contributed by atoms with Crippen molar-refractivity contribution >= 4 is 17.1 Å². The van der Waals surface area contributed by atoms with Crippen molar-refractivity contribution in [3.05, 3.63) is 42.5 Å². The molecule has 1 aliphatic rings. The van der Waals surface area contributed by atoms with Gasteiger partial charge in [-0.05, 0) is 27.3 Å². The summed E-state index contributed by atoms with van der Waals surface area (Å²) < 4.78 is 0. The van der Waals surface area contributed by atoms with Gasteiger partial charge in [0.1, 0.15) is 0 Å². The van der Waals surface area contributed by atoms with Crippen molar-refractivity contribution in [2.24, 2.45) is 0 Å². The molecule has 0 aromatic heterocycles. The molecule has 0 aliphatic carbocycles. The van der Waals surface area contributed by atoms with Crippen LogP contribution in [0.4, 0.5) is 17.1 Å². The average Bonchev–Trinajstić information content (AvgIpc) is 2.61. The van der Waals surface area contributed by atoms with Crippen molar-refractivity contribution < 1.29 is 19.9 Å². The predicted molar refractivity (Wildman–Crippen MR) is 102 cm³/mol. The highest BCUT2D eigenvalue weighted by Crippen LogP contribution is 2.38. The van der Waals surface area contributed by atoms with Crippen LogP contribution in [-0.4, -0.2) is 67.9 Å². The first-order chi connectivity index (χ1) is 12.9. The summed E-state index contributed by atoms with van der Waals surface area (Å²) in [5, 5.41) is 40.2. The molecule has 1 saturated heterocycles. The summed E-state index contributed by atoms with van der Waals surface area (Å²) in [5.74, 6) is -1.21. The summed E-state index contributed by atoms with van der Waals surface area (Å²) in [7, 11) is 0. The maximum atomic E-state index is 10.4. The fourth-order valence-electron chi connectivity index (χ4n) is 2.71. The van der Waals surface area contributed by atoms with E-state index in [2.05, 4.69) is 37.5 Å². The lowest BCUT2D eigenvalue weighted by molar-refractivity contribution is -0.404. The number of phenols is 1. The summed E-state index contributed by atoms with van der Waals surface area (Å²) in [5.41, 5.74) is -2.64. The fraction of sp³-hybridized carbons (Fsp3) is 0.625. The first kappa shape index (κ1) is 23.2. The number of piperazine rings is 1. The maximum absolute atomic E-state index is 10.4. The summed E-state index contributed by atoms with van der Waals surface area (Å²) in [6.07, 6.45) is 0. The minimum absolute atomic E-state index is 0.361. The molecule has 0 unspecified atom stereocenters. The summed E-state index contributed by atoms with van der Waals surface area (Å²) in [6.45, 7) is 15.3. The monoisotopic (exact) mass is 399 g/mol. The van der Waals surface area contributed by atoms with Crippen LogP contribution in [0.2, 0.25) is 0 Å². The second-order valence-electron chi connectivity index (χ2n) is 7.20. The van der Waals surface area contributed by atoms with Crippen LogP contribution in [0.25, 0.3) is 0 Å². The SMILES string of the molecule is CCN1CCN(C(C)(C)C)CC1.O=[N+]([O-])c1cc([N+](=O)[O-])c(O)c([N+](=O)[O-])c1. The molecule has 12 nitrogen and oxygen atoms in total. The Kier molecular flexibility index (Phi) is 7.76. The molecular weight excluding hydrogens is 374 g/mol. The van der Waals surface area contributed by atoms with Crippen LogP contribution in [0, 0.1) is 30.3 Å². The standard InChI is InChI=1S/C10H22N2.C6H3N3O7/c1-5-11-6-8-12(9-7-11)10(2,3)4;10-6-4(8(13)14)1-3(7(11)12)2-5(6)9(15)16/h5-9H2,1-4H3;1-2,10H. The van der Waals surface area contributed by atoms with E-state index in [9.17, 15) is 30.3 Å². The molecule has 156 valence electrons. The van der Waals surface area contributed by atoms with Gasteiger partial charge in [0.25, 0.3) is 11.4 Å². The van der Waals surface area contributed by atoms with Gasteiger partial charge in [-0.3, -0.25) is 35.2 Å². The molecular formula is C16H25N5O7. The van der Waals surface area contributed by atoms with Gasteiger partial charge < -0.3 is 10.0 Å². The number of nitro groups is 3. The van der Waals surface area contributed by atoms with E-state index < -0.39 is 37.6 Å². The normalized spacial score (nSPS) is 15.4. The molecule has 12 heteroatoms. The Morgan fingerprint density at radius 3 is 1.64 bits per heavy atom. The second-order valence-corrected chi connectivity index (χ2v) is 7.20. The number of rotatable bonds is 4. The van der Waals surface area contributed by atoms with Gasteiger partial charge in [0, 0.05) is 31.7 Å². The highest BCUT2D eigenvalue weighted by atomic mass is 16.6. The fourth-order valence-corrected chi connectivity index (χ4v) is 2.71. The van der Waals surface area contributed by atoms with E-state index in [0.717, 1.165) is 0 Å². The molecule has 1 aliphatic heterocycles. The number of non-ortho nitro benzene ring substituents is 1. The topological polar surface area (TPSA) is 156 Å². The Bertz CT molecular complexity index is 704. The van der Waals surface area contributed by atoms with Gasteiger partial charge in [-0.1, -0.05) is 6.92 Å². The second kappa shape index (κ2) is 9.37. The number of benzene rings is 1. The van der Waals surface area contributed by atoms with Crippen LogP contribution in [0.15, 0.2) is 12.1 Å². The predicted octanol–water partition coefficient (Wildman–Crippen LogP) is 2.54. The first-order valence-corrected chi connectivity index (χ1v) is 8.66. The number of nitrogens with zero attached hydrogens (tertiary/aromatic N) is 5. The third-order valence-electron chi connectivity index (χ3n) is 4.43. The molecule has 2 rings (SSSR count). The van der Waals surface area contributed by atoms with Crippen LogP contribution in [0.5, 0.6) is 5.75 Å². The minimum atomic E-state index is -1.21. The molecule has 1 N–H and O–H groups in total. The third kappa shape index (κ3) is 6.09. The molecule has 1 aromatic carbocycles. The summed E-state index contributed by atoms with van der Waals surface area (Å²) in [6, 6.07) is 0.894. The lowest BCUT2D eigenvalue weighted by atomic mass is 10.1. The van der Waals surface area contributed by atoms with Crippen molar-refractivity contribution in [2.45, 2.75) is 33.2 Å². The molecule has 0 spiro atoms. The molecule has 1 fully saturated rings. The maximum Gasteiger partial charge on any atom is 0.324 e. The van der Waals surface area contributed by atoms with E-state index in [1.54, 1.807) is 0 Å². The molecule has 1 heterocycles. The van der Waals surface area contributed by atoms with Crippen LogP contribution >= 0.6 is 0 Å². The lowest BCUT2D eigenvalue weighted by Gasteiger charge is -2.42. The smallest absolute Gasteiger partial charge is 0.324 e. The van der Waals surface area contributed by atoms with Gasteiger partial charge in [0.2, 0.25) is 0 Å². The number of hydrogen-bond acceptors (Lipinski definition) is 9. The van der Waals surface area contributed by atoms with E-state index >= 15 is 0 Å². The first-order valence-electron chi connectivity index (χ1n) is 8.66. The van der Waals surface area contributed by atoms with Gasteiger partial charge in [-0.2, -0.15) is 0 Å². The quantitative estimate of drug-likeness (QED) is 0.593. The molecule has 0 radical (unpaired) electrons. The van der Waals surface area contributed by atoms with Crippen LogP contribution in [-0.2, 0) is 0 Å². The third-order valence-corrected chi connectivity index (χ3v) is 4.43. The zero-order chi connectivity index (χ0) is 21.6. The number of phenolic OH excluding ortho intramolecular Hbond substituents is 1. The molecule has 0 atom stereocenters. The van der Waals surface area contributed by atoms with Crippen LogP contribution < -0.4 is 0 Å². The van der Waals surface area contributed by atoms with E-state index in [1.807, 2.05) is 0 Å². The zero-order valence-corrected chi connectivity index (χ0v) is 16.3. The van der Waals surface area contributed by atoms with Crippen molar-refractivity contribution in [3.8, 4) is 5.75 Å². The number of aromatic hydroxyl groups is 1. The largest absolute Gasteiger partial charge is 0.497 e. The van der Waals surface area contributed by atoms with Crippen LogP contribution in [0.3, 0.4) is 0 Å². The van der Waals surface area contributed by atoms with Gasteiger partial charge >= 0.3 is 11.4 Å². The number of hydrogen-bond donors (Lipinski definition) is 1. The molecule has 1 aromatic rings. The van der Waals surface area contributed by atoms with E-state index in [-0.39, 0.29) is 0 Å².